The minimum Gasteiger partial charge on any atom is -0.496 e. The maximum absolute atomic E-state index is 12.5. The molecule has 6 nitrogen and oxygen atoms in total. The predicted octanol–water partition coefficient (Wildman–Crippen LogP) is 3.87. The second kappa shape index (κ2) is 10.6. The van der Waals surface area contributed by atoms with Crippen LogP contribution in [0.4, 0.5) is 5.69 Å². The minimum atomic E-state index is -3.62. The molecule has 0 spiro atoms. The number of para-hydroxylation sites is 1. The molecule has 0 radical (unpaired) electrons. The largest absolute Gasteiger partial charge is 0.496 e. The molecule has 0 aliphatic rings. The monoisotopic (exact) mass is 436 g/mol. The Morgan fingerprint density at radius 2 is 1.61 bits per heavy atom. The Morgan fingerprint density at radius 3 is 2.32 bits per heavy atom. The fourth-order valence-corrected chi connectivity index (χ4v) is 3.96. The summed E-state index contributed by atoms with van der Waals surface area (Å²) >= 11 is 0. The number of benzene rings is 3. The molecule has 0 aromatic heterocycles. The lowest BCUT2D eigenvalue weighted by molar-refractivity contribution is -0.111. The summed E-state index contributed by atoms with van der Waals surface area (Å²) in [6, 6.07) is 23.1. The molecule has 2 N–H and O–H groups in total. The van der Waals surface area contributed by atoms with E-state index in [1.165, 1.54) is 18.2 Å². The van der Waals surface area contributed by atoms with Crippen molar-refractivity contribution in [1.29, 1.82) is 0 Å². The summed E-state index contributed by atoms with van der Waals surface area (Å²) in [5.41, 5.74) is 2.34. The van der Waals surface area contributed by atoms with E-state index in [2.05, 4.69) is 10.0 Å². The molecule has 0 heterocycles. The van der Waals surface area contributed by atoms with Crippen LogP contribution in [0, 0.1) is 0 Å². The van der Waals surface area contributed by atoms with Crippen molar-refractivity contribution in [3.63, 3.8) is 0 Å². The highest BCUT2D eigenvalue weighted by molar-refractivity contribution is 7.89. The predicted molar refractivity (Wildman–Crippen MR) is 122 cm³/mol. The highest BCUT2D eigenvalue weighted by Gasteiger charge is 2.13. The van der Waals surface area contributed by atoms with Gasteiger partial charge in [-0.15, -0.1) is 0 Å². The second-order valence-corrected chi connectivity index (χ2v) is 8.49. The van der Waals surface area contributed by atoms with Crippen LogP contribution in [0.15, 0.2) is 89.8 Å². The zero-order valence-corrected chi connectivity index (χ0v) is 17.9. The van der Waals surface area contributed by atoms with Crippen molar-refractivity contribution in [3.8, 4) is 5.75 Å². The zero-order valence-electron chi connectivity index (χ0n) is 17.1. The van der Waals surface area contributed by atoms with Gasteiger partial charge in [-0.3, -0.25) is 4.79 Å². The van der Waals surface area contributed by atoms with Crippen LogP contribution in [-0.2, 0) is 21.2 Å². The number of hydrogen-bond donors (Lipinski definition) is 2. The number of methoxy groups -OCH3 is 1. The fraction of sp³-hybridized carbons (Fsp3) is 0.125. The molecule has 0 aliphatic carbocycles. The van der Waals surface area contributed by atoms with Gasteiger partial charge in [-0.2, -0.15) is 0 Å². The fourth-order valence-electron chi connectivity index (χ4n) is 2.93. The van der Waals surface area contributed by atoms with Gasteiger partial charge in [0.05, 0.1) is 12.0 Å². The van der Waals surface area contributed by atoms with E-state index in [1.54, 1.807) is 25.3 Å². The summed E-state index contributed by atoms with van der Waals surface area (Å²) in [6.07, 6.45) is 3.66. The van der Waals surface area contributed by atoms with Crippen molar-refractivity contribution in [2.45, 2.75) is 11.3 Å². The van der Waals surface area contributed by atoms with E-state index in [9.17, 15) is 13.2 Å². The van der Waals surface area contributed by atoms with Gasteiger partial charge in [0.2, 0.25) is 15.9 Å². The number of hydrogen-bond acceptors (Lipinski definition) is 4. The van der Waals surface area contributed by atoms with Crippen molar-refractivity contribution >= 4 is 27.7 Å². The summed E-state index contributed by atoms with van der Waals surface area (Å²) in [6.45, 7) is 0.304. The molecule has 0 saturated heterocycles. The van der Waals surface area contributed by atoms with Gasteiger partial charge in [0.1, 0.15) is 5.75 Å². The van der Waals surface area contributed by atoms with Gasteiger partial charge in [0.25, 0.3) is 0 Å². The number of anilines is 1. The van der Waals surface area contributed by atoms with E-state index in [1.807, 2.05) is 54.6 Å². The van der Waals surface area contributed by atoms with Gasteiger partial charge in [-0.25, -0.2) is 13.1 Å². The third-order valence-corrected chi connectivity index (χ3v) is 6.01. The van der Waals surface area contributed by atoms with Crippen LogP contribution in [-0.4, -0.2) is 28.0 Å². The standard InChI is InChI=1S/C24H24N2O4S/c1-30-23-10-6-5-9-20(23)11-16-24(27)26-21-12-14-22(15-13-21)31(28,29)25-18-17-19-7-3-2-4-8-19/h2-16,25H,17-18H2,1H3,(H,26,27). The van der Waals surface area contributed by atoms with Crippen LogP contribution >= 0.6 is 0 Å². The van der Waals surface area contributed by atoms with Crippen LogP contribution in [0.3, 0.4) is 0 Å². The first-order valence-corrected chi connectivity index (χ1v) is 11.2. The molecule has 0 atom stereocenters. The Balaban J connectivity index is 1.56. The van der Waals surface area contributed by atoms with Gasteiger partial charge >= 0.3 is 0 Å². The number of amides is 1. The number of carbonyl (C=O) groups excluding carboxylic acids is 1. The third kappa shape index (κ3) is 6.53. The number of carbonyl (C=O) groups is 1. The molecule has 0 bridgehead atoms. The average molecular weight is 437 g/mol. The highest BCUT2D eigenvalue weighted by Crippen LogP contribution is 2.19. The maximum Gasteiger partial charge on any atom is 0.248 e. The first-order chi connectivity index (χ1) is 15.0. The number of rotatable bonds is 9. The molecule has 1 amide bonds. The molecule has 0 saturated carbocycles. The first kappa shape index (κ1) is 22.3. The summed E-state index contributed by atoms with van der Waals surface area (Å²) in [4.78, 5) is 12.3. The molecule has 0 unspecified atom stereocenters. The van der Waals surface area contributed by atoms with Gasteiger partial charge in [-0.05, 0) is 48.4 Å². The van der Waals surface area contributed by atoms with Crippen molar-refractivity contribution in [2.75, 3.05) is 19.0 Å². The van der Waals surface area contributed by atoms with E-state index in [0.29, 0.717) is 24.4 Å². The molecule has 3 aromatic carbocycles. The van der Waals surface area contributed by atoms with Crippen LogP contribution in [0.1, 0.15) is 11.1 Å². The van der Waals surface area contributed by atoms with Crippen molar-refractivity contribution in [2.24, 2.45) is 0 Å². The van der Waals surface area contributed by atoms with Crippen LogP contribution in [0.5, 0.6) is 5.75 Å². The van der Waals surface area contributed by atoms with Crippen molar-refractivity contribution in [1.82, 2.24) is 4.72 Å². The molecular weight excluding hydrogens is 412 g/mol. The molecular formula is C24H24N2O4S. The minimum absolute atomic E-state index is 0.142. The average Bonchev–Trinajstić information content (AvgIpc) is 2.79. The zero-order chi connectivity index (χ0) is 22.1. The number of sulfonamides is 1. The van der Waals surface area contributed by atoms with E-state index in [-0.39, 0.29) is 10.8 Å². The normalized spacial score (nSPS) is 11.4. The highest BCUT2D eigenvalue weighted by atomic mass is 32.2. The molecule has 3 rings (SSSR count). The lowest BCUT2D eigenvalue weighted by atomic mass is 10.2. The molecule has 0 aliphatic heterocycles. The SMILES string of the molecule is COc1ccccc1C=CC(=O)Nc1ccc(S(=O)(=O)NCCc2ccccc2)cc1. The Morgan fingerprint density at radius 1 is 0.935 bits per heavy atom. The van der Waals surface area contributed by atoms with Crippen molar-refractivity contribution in [3.05, 3.63) is 96.1 Å². The molecule has 0 fully saturated rings. The van der Waals surface area contributed by atoms with Crippen LogP contribution in [0.2, 0.25) is 0 Å². The Hall–Kier alpha value is -3.42. The van der Waals surface area contributed by atoms with Crippen LogP contribution in [0.25, 0.3) is 6.08 Å². The van der Waals surface area contributed by atoms with Crippen molar-refractivity contribution < 1.29 is 17.9 Å². The number of nitrogens with one attached hydrogen (secondary N) is 2. The summed E-state index contributed by atoms with van der Waals surface area (Å²) < 4.78 is 32.8. The van der Waals surface area contributed by atoms with Gasteiger partial charge in [0, 0.05) is 23.9 Å². The topological polar surface area (TPSA) is 84.5 Å². The van der Waals surface area contributed by atoms with Gasteiger partial charge in [0.15, 0.2) is 0 Å². The van der Waals surface area contributed by atoms with Gasteiger partial charge in [-0.1, -0.05) is 48.5 Å². The van der Waals surface area contributed by atoms with E-state index < -0.39 is 10.0 Å². The number of ether oxygens (including phenoxy) is 1. The molecule has 31 heavy (non-hydrogen) atoms. The summed E-state index contributed by atoms with van der Waals surface area (Å²) in [5, 5.41) is 2.71. The lowest BCUT2D eigenvalue weighted by Crippen LogP contribution is -2.26. The second-order valence-electron chi connectivity index (χ2n) is 6.72. The molecule has 3 aromatic rings. The molecule has 7 heteroatoms. The van der Waals surface area contributed by atoms with E-state index >= 15 is 0 Å². The third-order valence-electron chi connectivity index (χ3n) is 4.53. The summed E-state index contributed by atoms with van der Waals surface area (Å²) in [5.74, 6) is 0.336. The first-order valence-electron chi connectivity index (χ1n) is 9.74. The molecule has 160 valence electrons. The Bertz CT molecular complexity index is 1140. The van der Waals surface area contributed by atoms with Gasteiger partial charge < -0.3 is 10.1 Å². The van der Waals surface area contributed by atoms with E-state index in [4.69, 9.17) is 4.74 Å². The Kier molecular flexibility index (Phi) is 7.59. The van der Waals surface area contributed by atoms with E-state index in [0.717, 1.165) is 11.1 Å². The Labute approximate surface area is 182 Å². The quantitative estimate of drug-likeness (QED) is 0.499. The lowest BCUT2D eigenvalue weighted by Gasteiger charge is -2.08. The van der Waals surface area contributed by atoms with Crippen LogP contribution < -0.4 is 14.8 Å². The maximum atomic E-state index is 12.5. The summed E-state index contributed by atoms with van der Waals surface area (Å²) in [7, 11) is -2.05. The smallest absolute Gasteiger partial charge is 0.248 e.